The fourth-order valence-corrected chi connectivity index (χ4v) is 2.85. The molecule has 1 atom stereocenters. The van der Waals surface area contributed by atoms with Crippen LogP contribution in [0.1, 0.15) is 42.0 Å². The fourth-order valence-electron chi connectivity index (χ4n) is 2.85. The number of anilines is 1. The first kappa shape index (κ1) is 12.4. The van der Waals surface area contributed by atoms with E-state index < -0.39 is 11.9 Å². The standard InChI is InChI=1S/C15H15N3O3/c19-15(20)11-7-18(12-4-2-1-3-10(11)12)8-13-16-14(21-17-13)9-5-6-9/h1-4,9,11H,5-8H2,(H,19,20). The lowest BCUT2D eigenvalue weighted by Crippen LogP contribution is -2.24. The van der Waals surface area contributed by atoms with Crippen molar-refractivity contribution in [2.75, 3.05) is 11.4 Å². The Labute approximate surface area is 121 Å². The van der Waals surface area contributed by atoms with Gasteiger partial charge in [0.05, 0.1) is 6.54 Å². The molecule has 0 radical (unpaired) electrons. The van der Waals surface area contributed by atoms with E-state index in [0.717, 1.165) is 24.1 Å². The van der Waals surface area contributed by atoms with E-state index in [1.807, 2.05) is 29.2 Å². The summed E-state index contributed by atoms with van der Waals surface area (Å²) in [6, 6.07) is 7.61. The average molecular weight is 285 g/mol. The summed E-state index contributed by atoms with van der Waals surface area (Å²) in [7, 11) is 0. The van der Waals surface area contributed by atoms with Gasteiger partial charge < -0.3 is 14.5 Å². The third kappa shape index (κ3) is 2.16. The molecule has 0 saturated heterocycles. The number of nitrogens with zero attached hydrogens (tertiary/aromatic N) is 3. The number of carbonyl (C=O) groups is 1. The molecule has 1 saturated carbocycles. The maximum Gasteiger partial charge on any atom is 0.312 e. The second-order valence-corrected chi connectivity index (χ2v) is 5.65. The van der Waals surface area contributed by atoms with Crippen LogP contribution in [0.25, 0.3) is 0 Å². The fraction of sp³-hybridized carbons (Fsp3) is 0.400. The molecule has 1 aromatic carbocycles. The summed E-state index contributed by atoms with van der Waals surface area (Å²) >= 11 is 0. The lowest BCUT2D eigenvalue weighted by Gasteiger charge is -2.16. The van der Waals surface area contributed by atoms with Crippen LogP contribution in [0, 0.1) is 0 Å². The number of benzene rings is 1. The molecule has 0 spiro atoms. The molecule has 2 aliphatic rings. The van der Waals surface area contributed by atoms with Crippen molar-refractivity contribution < 1.29 is 14.4 Å². The maximum absolute atomic E-state index is 11.4. The normalized spacial score (nSPS) is 20.6. The third-order valence-electron chi connectivity index (χ3n) is 4.10. The Hall–Kier alpha value is -2.37. The highest BCUT2D eigenvalue weighted by Gasteiger charge is 2.34. The van der Waals surface area contributed by atoms with Crippen molar-refractivity contribution in [3.8, 4) is 0 Å². The summed E-state index contributed by atoms with van der Waals surface area (Å²) in [5, 5.41) is 13.4. The second-order valence-electron chi connectivity index (χ2n) is 5.65. The van der Waals surface area contributed by atoms with Crippen LogP contribution in [0.3, 0.4) is 0 Å². The zero-order valence-corrected chi connectivity index (χ0v) is 11.4. The maximum atomic E-state index is 11.4. The van der Waals surface area contributed by atoms with Crippen LogP contribution >= 0.6 is 0 Å². The lowest BCUT2D eigenvalue weighted by atomic mass is 10.0. The van der Waals surface area contributed by atoms with Crippen LogP contribution in [-0.2, 0) is 11.3 Å². The Morgan fingerprint density at radius 1 is 1.38 bits per heavy atom. The number of hydrogen-bond donors (Lipinski definition) is 1. The van der Waals surface area contributed by atoms with Gasteiger partial charge in [-0.3, -0.25) is 4.79 Å². The minimum atomic E-state index is -0.795. The lowest BCUT2D eigenvalue weighted by molar-refractivity contribution is -0.138. The molecule has 21 heavy (non-hydrogen) atoms. The SMILES string of the molecule is O=C(O)C1CN(Cc2noc(C3CC3)n2)c2ccccc21. The molecular weight excluding hydrogens is 270 g/mol. The molecular formula is C15H15N3O3. The summed E-state index contributed by atoms with van der Waals surface area (Å²) in [5.74, 6) is 0.488. The number of para-hydroxylation sites is 1. The van der Waals surface area contributed by atoms with E-state index in [9.17, 15) is 9.90 Å². The summed E-state index contributed by atoms with van der Waals surface area (Å²) in [4.78, 5) is 17.8. The van der Waals surface area contributed by atoms with Crippen molar-refractivity contribution in [3.63, 3.8) is 0 Å². The topological polar surface area (TPSA) is 79.5 Å². The number of carboxylic acid groups (broad SMARTS) is 1. The van der Waals surface area contributed by atoms with Gasteiger partial charge in [0.25, 0.3) is 0 Å². The Kier molecular flexibility index (Phi) is 2.70. The zero-order chi connectivity index (χ0) is 14.4. The van der Waals surface area contributed by atoms with Crippen LogP contribution in [0.5, 0.6) is 0 Å². The van der Waals surface area contributed by atoms with Crippen molar-refractivity contribution >= 4 is 11.7 Å². The molecule has 0 bridgehead atoms. The van der Waals surface area contributed by atoms with E-state index in [2.05, 4.69) is 10.1 Å². The third-order valence-corrected chi connectivity index (χ3v) is 4.10. The van der Waals surface area contributed by atoms with Crippen molar-refractivity contribution in [1.82, 2.24) is 10.1 Å². The monoisotopic (exact) mass is 285 g/mol. The van der Waals surface area contributed by atoms with Crippen LogP contribution in [0.4, 0.5) is 5.69 Å². The number of carboxylic acids is 1. The minimum Gasteiger partial charge on any atom is -0.481 e. The minimum absolute atomic E-state index is 0.434. The highest BCUT2D eigenvalue weighted by molar-refractivity contribution is 5.82. The van der Waals surface area contributed by atoms with E-state index >= 15 is 0 Å². The van der Waals surface area contributed by atoms with Gasteiger partial charge in [0, 0.05) is 18.2 Å². The molecule has 6 nitrogen and oxygen atoms in total. The van der Waals surface area contributed by atoms with Gasteiger partial charge in [-0.25, -0.2) is 0 Å². The van der Waals surface area contributed by atoms with Crippen molar-refractivity contribution in [3.05, 3.63) is 41.5 Å². The van der Waals surface area contributed by atoms with Crippen LogP contribution in [-0.4, -0.2) is 27.8 Å². The molecule has 2 aromatic rings. The van der Waals surface area contributed by atoms with Gasteiger partial charge in [0.15, 0.2) is 5.82 Å². The molecule has 1 fully saturated rings. The van der Waals surface area contributed by atoms with Gasteiger partial charge in [-0.05, 0) is 24.5 Å². The molecule has 1 unspecified atom stereocenters. The molecule has 1 aliphatic carbocycles. The summed E-state index contributed by atoms with van der Waals surface area (Å²) in [6.45, 7) is 0.930. The van der Waals surface area contributed by atoms with E-state index in [4.69, 9.17) is 4.52 Å². The quantitative estimate of drug-likeness (QED) is 0.927. The van der Waals surface area contributed by atoms with E-state index in [-0.39, 0.29) is 0 Å². The molecule has 2 heterocycles. The van der Waals surface area contributed by atoms with Gasteiger partial charge in [-0.2, -0.15) is 4.98 Å². The molecule has 1 aliphatic heterocycles. The largest absolute Gasteiger partial charge is 0.481 e. The Morgan fingerprint density at radius 3 is 2.95 bits per heavy atom. The van der Waals surface area contributed by atoms with Crippen molar-refractivity contribution in [1.29, 1.82) is 0 Å². The highest BCUT2D eigenvalue weighted by Crippen LogP contribution is 2.40. The van der Waals surface area contributed by atoms with Gasteiger partial charge in [-0.15, -0.1) is 0 Å². The van der Waals surface area contributed by atoms with Gasteiger partial charge in [0.2, 0.25) is 5.89 Å². The molecule has 0 amide bonds. The molecule has 1 aromatic heterocycles. The number of hydrogen-bond acceptors (Lipinski definition) is 5. The molecule has 4 rings (SSSR count). The predicted octanol–water partition coefficient (Wildman–Crippen LogP) is 2.14. The van der Waals surface area contributed by atoms with Crippen LogP contribution in [0.2, 0.25) is 0 Å². The smallest absolute Gasteiger partial charge is 0.312 e. The Bertz CT molecular complexity index is 693. The van der Waals surface area contributed by atoms with E-state index in [1.165, 1.54) is 0 Å². The number of rotatable bonds is 4. The van der Waals surface area contributed by atoms with Gasteiger partial charge in [0.1, 0.15) is 5.92 Å². The second kappa shape index (κ2) is 4.58. The van der Waals surface area contributed by atoms with E-state index in [0.29, 0.717) is 30.7 Å². The van der Waals surface area contributed by atoms with Crippen LogP contribution in [0.15, 0.2) is 28.8 Å². The van der Waals surface area contributed by atoms with Crippen LogP contribution < -0.4 is 4.90 Å². The van der Waals surface area contributed by atoms with Gasteiger partial charge in [-0.1, -0.05) is 23.4 Å². The Morgan fingerprint density at radius 2 is 2.19 bits per heavy atom. The van der Waals surface area contributed by atoms with Gasteiger partial charge >= 0.3 is 5.97 Å². The first-order valence-corrected chi connectivity index (χ1v) is 7.11. The Balaban J connectivity index is 1.58. The highest BCUT2D eigenvalue weighted by atomic mass is 16.5. The molecule has 108 valence electrons. The van der Waals surface area contributed by atoms with Crippen molar-refractivity contribution in [2.24, 2.45) is 0 Å². The first-order chi connectivity index (χ1) is 10.2. The number of aromatic nitrogens is 2. The predicted molar refractivity (Wildman–Crippen MR) is 74.1 cm³/mol. The number of fused-ring (bicyclic) bond motifs is 1. The van der Waals surface area contributed by atoms with Crippen molar-refractivity contribution in [2.45, 2.75) is 31.2 Å². The summed E-state index contributed by atoms with van der Waals surface area (Å²) < 4.78 is 5.26. The zero-order valence-electron chi connectivity index (χ0n) is 11.4. The average Bonchev–Trinajstić information content (AvgIpc) is 3.12. The molecule has 6 heteroatoms. The van der Waals surface area contributed by atoms with E-state index in [1.54, 1.807) is 0 Å². The summed E-state index contributed by atoms with van der Waals surface area (Å²) in [6.07, 6.45) is 2.24. The molecule has 1 N–H and O–H groups in total. The number of aliphatic carboxylic acids is 1. The first-order valence-electron chi connectivity index (χ1n) is 7.11. The summed E-state index contributed by atoms with van der Waals surface area (Å²) in [5.41, 5.74) is 1.80.